The van der Waals surface area contributed by atoms with E-state index in [9.17, 15) is 4.79 Å². The lowest BCUT2D eigenvalue weighted by molar-refractivity contribution is -0.138. The molecule has 2 aromatic rings. The van der Waals surface area contributed by atoms with Gasteiger partial charge in [-0.1, -0.05) is 47.5 Å². The van der Waals surface area contributed by atoms with Crippen molar-refractivity contribution in [3.8, 4) is 11.1 Å². The molecule has 0 amide bonds. The summed E-state index contributed by atoms with van der Waals surface area (Å²) in [5.41, 5.74) is 2.29. The first-order valence-electron chi connectivity index (χ1n) is 6.50. The molecule has 0 spiro atoms. The number of carbonyl (C=O) groups is 1. The number of likely N-dealkylation sites (N-methyl/N-ethyl adjacent to an activating group) is 1. The van der Waals surface area contributed by atoms with Gasteiger partial charge in [0.25, 0.3) is 0 Å². The van der Waals surface area contributed by atoms with Gasteiger partial charge >= 0.3 is 5.97 Å². The molecule has 118 valence electrons. The van der Waals surface area contributed by atoms with Crippen molar-refractivity contribution in [3.05, 3.63) is 58.6 Å². The van der Waals surface area contributed by atoms with Crippen LogP contribution in [0.4, 0.5) is 0 Å². The van der Waals surface area contributed by atoms with E-state index in [2.05, 4.69) is 17.9 Å². The molecule has 0 unspecified atom stereocenters. The third-order valence-corrected chi connectivity index (χ3v) is 3.72. The highest BCUT2D eigenvalue weighted by Gasteiger charge is 2.10. The molecule has 0 heterocycles. The minimum Gasteiger partial charge on any atom is -0.480 e. The van der Waals surface area contributed by atoms with E-state index < -0.39 is 12.0 Å². The summed E-state index contributed by atoms with van der Waals surface area (Å²) in [6, 6.07) is 15.0. The first kappa shape index (κ1) is 18.8. The predicted molar refractivity (Wildman–Crippen MR) is 96.2 cm³/mol. The molecule has 0 aromatic heterocycles. The lowest BCUT2D eigenvalue weighted by Crippen LogP contribution is -2.35. The second kappa shape index (κ2) is 9.74. The Bertz CT molecular complexity index is 541. The number of benzene rings is 2. The van der Waals surface area contributed by atoms with Crippen LogP contribution in [0.15, 0.2) is 48.5 Å². The molecule has 0 saturated heterocycles. The van der Waals surface area contributed by atoms with Gasteiger partial charge in [-0.05, 0) is 42.4 Å². The summed E-state index contributed by atoms with van der Waals surface area (Å²) in [7, 11) is 1.59. The van der Waals surface area contributed by atoms with Crippen molar-refractivity contribution in [2.24, 2.45) is 0 Å². The Labute approximate surface area is 145 Å². The first-order chi connectivity index (χ1) is 10.5. The van der Waals surface area contributed by atoms with Crippen molar-refractivity contribution < 1.29 is 9.90 Å². The maximum Gasteiger partial charge on any atom is 0.321 e. The van der Waals surface area contributed by atoms with E-state index in [1.807, 2.05) is 48.5 Å². The standard InChI is InChI=1S/C12H8Cl2.C4H9NO2S/c13-11-5-1-9(2-6-11)10-3-7-12(14)8-4-10;1-5-3(2-8)4(6)7/h1-8H;3,5,8H,2H2,1H3,(H,6,7)/t;3-/m.1/s1. The summed E-state index contributed by atoms with van der Waals surface area (Å²) in [5.74, 6) is -0.534. The number of halogens is 2. The average Bonchev–Trinajstić information content (AvgIpc) is 2.50. The van der Waals surface area contributed by atoms with Gasteiger partial charge in [-0.25, -0.2) is 0 Å². The van der Waals surface area contributed by atoms with Gasteiger partial charge in [0, 0.05) is 15.8 Å². The molecule has 0 fully saturated rings. The number of hydrogen-bond acceptors (Lipinski definition) is 3. The molecule has 0 aliphatic heterocycles. The molecule has 0 saturated carbocycles. The van der Waals surface area contributed by atoms with Gasteiger partial charge < -0.3 is 10.4 Å². The SMILES string of the molecule is CN[C@H](CS)C(=O)O.Clc1ccc(-c2ccc(Cl)cc2)cc1. The summed E-state index contributed by atoms with van der Waals surface area (Å²) in [6.45, 7) is 0. The zero-order chi connectivity index (χ0) is 16.5. The monoisotopic (exact) mass is 357 g/mol. The van der Waals surface area contributed by atoms with Gasteiger partial charge in [0.15, 0.2) is 0 Å². The number of carboxylic acid groups (broad SMARTS) is 1. The Morgan fingerprint density at radius 1 is 1.05 bits per heavy atom. The molecule has 2 aromatic carbocycles. The van der Waals surface area contributed by atoms with Crippen LogP contribution in [0.25, 0.3) is 11.1 Å². The minimum absolute atomic E-state index is 0.325. The van der Waals surface area contributed by atoms with E-state index in [1.54, 1.807) is 7.05 Å². The lowest BCUT2D eigenvalue weighted by atomic mass is 10.1. The normalized spacial score (nSPS) is 11.3. The quantitative estimate of drug-likeness (QED) is 0.716. The van der Waals surface area contributed by atoms with Gasteiger partial charge in [0.05, 0.1) is 0 Å². The third-order valence-electron chi connectivity index (χ3n) is 2.85. The Morgan fingerprint density at radius 2 is 1.41 bits per heavy atom. The molecule has 1 atom stereocenters. The van der Waals surface area contributed by atoms with Gasteiger partial charge in [-0.3, -0.25) is 4.79 Å². The molecular formula is C16H17Cl2NO2S. The van der Waals surface area contributed by atoms with Crippen LogP contribution in [0.3, 0.4) is 0 Å². The molecule has 0 aliphatic carbocycles. The minimum atomic E-state index is -0.859. The molecule has 0 bridgehead atoms. The highest BCUT2D eigenvalue weighted by Crippen LogP contribution is 2.22. The molecule has 2 N–H and O–H groups in total. The summed E-state index contributed by atoms with van der Waals surface area (Å²) >= 11 is 15.4. The molecule has 0 radical (unpaired) electrons. The van der Waals surface area contributed by atoms with E-state index in [-0.39, 0.29) is 0 Å². The van der Waals surface area contributed by atoms with Crippen molar-refractivity contribution in [2.75, 3.05) is 12.8 Å². The number of thiol groups is 1. The van der Waals surface area contributed by atoms with E-state index in [0.29, 0.717) is 5.75 Å². The Balaban J connectivity index is 0.000000261. The zero-order valence-corrected chi connectivity index (χ0v) is 14.4. The van der Waals surface area contributed by atoms with E-state index >= 15 is 0 Å². The van der Waals surface area contributed by atoms with Crippen molar-refractivity contribution in [1.82, 2.24) is 5.32 Å². The number of nitrogens with one attached hydrogen (secondary N) is 1. The van der Waals surface area contributed by atoms with Gasteiger partial charge in [0.1, 0.15) is 6.04 Å². The number of hydrogen-bond donors (Lipinski definition) is 3. The average molecular weight is 358 g/mol. The fourth-order valence-electron chi connectivity index (χ4n) is 1.58. The van der Waals surface area contributed by atoms with Crippen molar-refractivity contribution in [2.45, 2.75) is 6.04 Å². The van der Waals surface area contributed by atoms with Crippen molar-refractivity contribution in [1.29, 1.82) is 0 Å². The van der Waals surface area contributed by atoms with Crippen LogP contribution in [0.1, 0.15) is 0 Å². The summed E-state index contributed by atoms with van der Waals surface area (Å²) in [5, 5.41) is 12.3. The smallest absolute Gasteiger partial charge is 0.321 e. The molecule has 6 heteroatoms. The van der Waals surface area contributed by atoms with Crippen molar-refractivity contribution >= 4 is 41.8 Å². The molecule has 3 nitrogen and oxygen atoms in total. The number of rotatable bonds is 4. The van der Waals surface area contributed by atoms with Gasteiger partial charge in [-0.2, -0.15) is 12.6 Å². The van der Waals surface area contributed by atoms with E-state index in [4.69, 9.17) is 28.3 Å². The second-order valence-corrected chi connectivity index (χ2v) is 5.61. The van der Waals surface area contributed by atoms with Crippen LogP contribution < -0.4 is 5.32 Å². The van der Waals surface area contributed by atoms with Crippen LogP contribution in [0.5, 0.6) is 0 Å². The largest absolute Gasteiger partial charge is 0.480 e. The van der Waals surface area contributed by atoms with Crippen LogP contribution in [0, 0.1) is 0 Å². The van der Waals surface area contributed by atoms with Crippen LogP contribution in [0.2, 0.25) is 10.0 Å². The Kier molecular flexibility index (Phi) is 8.35. The van der Waals surface area contributed by atoms with Crippen LogP contribution in [-0.2, 0) is 4.79 Å². The fraction of sp³-hybridized carbons (Fsp3) is 0.188. The van der Waals surface area contributed by atoms with E-state index in [1.165, 1.54) is 0 Å². The van der Waals surface area contributed by atoms with E-state index in [0.717, 1.165) is 21.2 Å². The van der Waals surface area contributed by atoms with Crippen molar-refractivity contribution in [3.63, 3.8) is 0 Å². The summed E-state index contributed by atoms with van der Waals surface area (Å²) < 4.78 is 0. The molecule has 22 heavy (non-hydrogen) atoms. The van der Waals surface area contributed by atoms with Gasteiger partial charge in [-0.15, -0.1) is 0 Å². The topological polar surface area (TPSA) is 49.3 Å². The second-order valence-electron chi connectivity index (χ2n) is 4.38. The first-order valence-corrected chi connectivity index (χ1v) is 7.89. The molecular weight excluding hydrogens is 341 g/mol. The number of aliphatic carboxylic acids is 1. The fourth-order valence-corrected chi connectivity index (χ4v) is 2.17. The molecule has 0 aliphatic rings. The Hall–Kier alpha value is -1.20. The Morgan fingerprint density at radius 3 is 1.59 bits per heavy atom. The summed E-state index contributed by atoms with van der Waals surface area (Å²) in [4.78, 5) is 10.1. The predicted octanol–water partition coefficient (Wildman–Crippen LogP) is 4.25. The number of carboxylic acids is 1. The maximum atomic E-state index is 10.1. The van der Waals surface area contributed by atoms with Gasteiger partial charge in [0.2, 0.25) is 0 Å². The van der Waals surface area contributed by atoms with Crippen LogP contribution >= 0.6 is 35.8 Å². The summed E-state index contributed by atoms with van der Waals surface area (Å²) in [6.07, 6.45) is 0. The van der Waals surface area contributed by atoms with Crippen LogP contribution in [-0.4, -0.2) is 29.9 Å². The molecule has 2 rings (SSSR count). The highest BCUT2D eigenvalue weighted by molar-refractivity contribution is 7.80. The lowest BCUT2D eigenvalue weighted by Gasteiger charge is -2.04. The zero-order valence-electron chi connectivity index (χ0n) is 12.0. The maximum absolute atomic E-state index is 10.1. The highest BCUT2D eigenvalue weighted by atomic mass is 35.5. The third kappa shape index (κ3) is 6.28.